The lowest BCUT2D eigenvalue weighted by Gasteiger charge is -2.24. The molecule has 98 valence electrons. The summed E-state index contributed by atoms with van der Waals surface area (Å²) in [7, 11) is 1.68. The molecular weight excluding hydrogens is 214 g/mol. The van der Waals surface area contributed by atoms with Gasteiger partial charge in [0.2, 0.25) is 0 Å². The maximum absolute atomic E-state index is 9.40. The van der Waals surface area contributed by atoms with Crippen LogP contribution < -0.4 is 0 Å². The van der Waals surface area contributed by atoms with Gasteiger partial charge < -0.3 is 9.47 Å². The second-order valence-corrected chi connectivity index (χ2v) is 5.02. The van der Waals surface area contributed by atoms with E-state index in [0.717, 1.165) is 32.3 Å². The lowest BCUT2D eigenvalue weighted by atomic mass is 9.78. The average molecular weight is 239 g/mol. The maximum Gasteiger partial charge on any atom is 0.0700 e. The molecule has 0 radical (unpaired) electrons. The Morgan fingerprint density at radius 3 is 2.35 bits per heavy atom. The SMILES string of the molecule is COCCOCCCC1(C#N)CCCCCC1. The Kier molecular flexibility index (Phi) is 7.23. The van der Waals surface area contributed by atoms with Crippen LogP contribution in [0.25, 0.3) is 0 Å². The molecular formula is C14H25NO2. The Morgan fingerprint density at radius 1 is 1.06 bits per heavy atom. The highest BCUT2D eigenvalue weighted by Crippen LogP contribution is 2.38. The highest BCUT2D eigenvalue weighted by Gasteiger charge is 2.30. The fourth-order valence-corrected chi connectivity index (χ4v) is 2.58. The topological polar surface area (TPSA) is 42.2 Å². The van der Waals surface area contributed by atoms with Crippen LogP contribution in [0.1, 0.15) is 51.4 Å². The van der Waals surface area contributed by atoms with Gasteiger partial charge in [0.1, 0.15) is 0 Å². The van der Waals surface area contributed by atoms with E-state index in [2.05, 4.69) is 6.07 Å². The van der Waals surface area contributed by atoms with Crippen LogP contribution in [0.4, 0.5) is 0 Å². The molecule has 0 aliphatic heterocycles. The van der Waals surface area contributed by atoms with Crippen molar-refractivity contribution in [2.45, 2.75) is 51.4 Å². The third-order valence-electron chi connectivity index (χ3n) is 3.67. The quantitative estimate of drug-likeness (QED) is 0.505. The second-order valence-electron chi connectivity index (χ2n) is 5.02. The van der Waals surface area contributed by atoms with Crippen LogP contribution in [0.5, 0.6) is 0 Å². The molecule has 0 atom stereocenters. The first kappa shape index (κ1) is 14.5. The van der Waals surface area contributed by atoms with Gasteiger partial charge in [-0.15, -0.1) is 0 Å². The van der Waals surface area contributed by atoms with Gasteiger partial charge >= 0.3 is 0 Å². The van der Waals surface area contributed by atoms with Crippen molar-refractivity contribution >= 4 is 0 Å². The van der Waals surface area contributed by atoms with Crippen molar-refractivity contribution in [1.82, 2.24) is 0 Å². The third-order valence-corrected chi connectivity index (χ3v) is 3.67. The van der Waals surface area contributed by atoms with Crippen molar-refractivity contribution in [3.63, 3.8) is 0 Å². The van der Waals surface area contributed by atoms with Gasteiger partial charge in [-0.25, -0.2) is 0 Å². The summed E-state index contributed by atoms with van der Waals surface area (Å²) < 4.78 is 10.4. The fraction of sp³-hybridized carbons (Fsp3) is 0.929. The van der Waals surface area contributed by atoms with Gasteiger partial charge in [0.05, 0.1) is 24.7 Å². The van der Waals surface area contributed by atoms with E-state index in [1.54, 1.807) is 7.11 Å². The van der Waals surface area contributed by atoms with E-state index < -0.39 is 0 Å². The van der Waals surface area contributed by atoms with E-state index in [1.165, 1.54) is 25.7 Å². The summed E-state index contributed by atoms with van der Waals surface area (Å²) >= 11 is 0. The Morgan fingerprint density at radius 2 is 1.76 bits per heavy atom. The maximum atomic E-state index is 9.40. The predicted molar refractivity (Wildman–Crippen MR) is 67.7 cm³/mol. The van der Waals surface area contributed by atoms with Crippen molar-refractivity contribution in [3.05, 3.63) is 0 Å². The number of methoxy groups -OCH3 is 1. The highest BCUT2D eigenvalue weighted by atomic mass is 16.5. The van der Waals surface area contributed by atoms with Gasteiger partial charge in [-0.1, -0.05) is 25.7 Å². The van der Waals surface area contributed by atoms with Crippen molar-refractivity contribution < 1.29 is 9.47 Å². The lowest BCUT2D eigenvalue weighted by molar-refractivity contribution is 0.0650. The molecule has 17 heavy (non-hydrogen) atoms. The minimum atomic E-state index is -0.0544. The van der Waals surface area contributed by atoms with Crippen molar-refractivity contribution in [1.29, 1.82) is 5.26 Å². The molecule has 0 aromatic heterocycles. The standard InChI is InChI=1S/C14H25NO2/c1-16-11-12-17-10-6-9-14(13-15)7-4-2-3-5-8-14/h2-12H2,1H3. The van der Waals surface area contributed by atoms with Crippen molar-refractivity contribution in [3.8, 4) is 6.07 Å². The zero-order valence-corrected chi connectivity index (χ0v) is 11.0. The van der Waals surface area contributed by atoms with Crippen molar-refractivity contribution in [2.24, 2.45) is 5.41 Å². The van der Waals surface area contributed by atoms with Crippen LogP contribution in [0, 0.1) is 16.7 Å². The molecule has 1 saturated carbocycles. The predicted octanol–water partition coefficient (Wildman–Crippen LogP) is 3.29. The second kappa shape index (κ2) is 8.49. The smallest absolute Gasteiger partial charge is 0.0700 e. The van der Waals surface area contributed by atoms with Crippen LogP contribution >= 0.6 is 0 Å². The van der Waals surface area contributed by atoms with Gasteiger partial charge in [0, 0.05) is 13.7 Å². The largest absolute Gasteiger partial charge is 0.382 e. The van der Waals surface area contributed by atoms with E-state index in [4.69, 9.17) is 9.47 Å². The molecule has 0 aromatic carbocycles. The minimum Gasteiger partial charge on any atom is -0.382 e. The molecule has 0 amide bonds. The normalized spacial score (nSPS) is 19.5. The molecule has 1 rings (SSSR count). The molecule has 0 N–H and O–H groups in total. The summed E-state index contributed by atoms with van der Waals surface area (Å²) in [5.74, 6) is 0. The molecule has 1 aliphatic carbocycles. The van der Waals surface area contributed by atoms with Crippen LogP contribution in [-0.4, -0.2) is 26.9 Å². The van der Waals surface area contributed by atoms with E-state index >= 15 is 0 Å². The first-order valence-electron chi connectivity index (χ1n) is 6.81. The number of nitriles is 1. The molecule has 0 saturated heterocycles. The summed E-state index contributed by atoms with van der Waals surface area (Å²) in [6.45, 7) is 2.08. The van der Waals surface area contributed by atoms with Crippen LogP contribution in [-0.2, 0) is 9.47 Å². The number of ether oxygens (including phenoxy) is 2. The summed E-state index contributed by atoms with van der Waals surface area (Å²) in [4.78, 5) is 0. The number of hydrogen-bond acceptors (Lipinski definition) is 3. The van der Waals surface area contributed by atoms with Gasteiger partial charge in [-0.05, 0) is 25.7 Å². The molecule has 0 aromatic rings. The monoisotopic (exact) mass is 239 g/mol. The summed E-state index contributed by atoms with van der Waals surface area (Å²) in [5.41, 5.74) is -0.0544. The van der Waals surface area contributed by atoms with Gasteiger partial charge in [-0.3, -0.25) is 0 Å². The first-order chi connectivity index (χ1) is 8.33. The number of rotatable bonds is 7. The molecule has 0 bridgehead atoms. The Balaban J connectivity index is 2.19. The molecule has 1 aliphatic rings. The van der Waals surface area contributed by atoms with E-state index in [9.17, 15) is 5.26 Å². The van der Waals surface area contributed by atoms with Gasteiger partial charge in [0.15, 0.2) is 0 Å². The van der Waals surface area contributed by atoms with Crippen LogP contribution in [0.3, 0.4) is 0 Å². The molecule has 0 unspecified atom stereocenters. The zero-order chi connectivity index (χ0) is 12.4. The van der Waals surface area contributed by atoms with E-state index in [-0.39, 0.29) is 5.41 Å². The average Bonchev–Trinajstić information content (AvgIpc) is 2.60. The molecule has 1 fully saturated rings. The Labute approximate surface area is 105 Å². The van der Waals surface area contributed by atoms with Crippen LogP contribution in [0.2, 0.25) is 0 Å². The molecule has 0 spiro atoms. The van der Waals surface area contributed by atoms with Gasteiger partial charge in [0.25, 0.3) is 0 Å². The summed E-state index contributed by atoms with van der Waals surface area (Å²) in [6, 6.07) is 2.58. The van der Waals surface area contributed by atoms with E-state index in [1.807, 2.05) is 0 Å². The summed E-state index contributed by atoms with van der Waals surface area (Å²) in [5, 5.41) is 9.40. The first-order valence-corrected chi connectivity index (χ1v) is 6.81. The molecule has 3 heteroatoms. The lowest BCUT2D eigenvalue weighted by Crippen LogP contribution is -2.18. The number of nitrogens with zero attached hydrogens (tertiary/aromatic N) is 1. The molecule has 3 nitrogen and oxygen atoms in total. The van der Waals surface area contributed by atoms with Crippen LogP contribution in [0.15, 0.2) is 0 Å². The number of hydrogen-bond donors (Lipinski definition) is 0. The summed E-state index contributed by atoms with van der Waals surface area (Å²) in [6.07, 6.45) is 9.20. The van der Waals surface area contributed by atoms with Gasteiger partial charge in [-0.2, -0.15) is 5.26 Å². The molecule has 0 heterocycles. The van der Waals surface area contributed by atoms with Crippen molar-refractivity contribution in [2.75, 3.05) is 26.9 Å². The van der Waals surface area contributed by atoms with E-state index in [0.29, 0.717) is 13.2 Å². The third kappa shape index (κ3) is 5.52. The Hall–Kier alpha value is -0.590. The minimum absolute atomic E-state index is 0.0544. The highest BCUT2D eigenvalue weighted by molar-refractivity contribution is 4.99. The Bertz CT molecular complexity index is 227. The fourth-order valence-electron chi connectivity index (χ4n) is 2.58. The zero-order valence-electron chi connectivity index (χ0n) is 11.0.